The summed E-state index contributed by atoms with van der Waals surface area (Å²) in [7, 11) is 0.358. The smallest absolute Gasteiger partial charge is 0.0116 e. The maximum Gasteiger partial charge on any atom is 0.0116 e. The van der Waals surface area contributed by atoms with Crippen LogP contribution in [0.2, 0.25) is 0 Å². The van der Waals surface area contributed by atoms with Crippen molar-refractivity contribution in [2.45, 2.75) is 229 Å². The second-order valence-corrected chi connectivity index (χ2v) is 21.3. The van der Waals surface area contributed by atoms with Crippen LogP contribution in [0, 0.1) is 0 Å². The first kappa shape index (κ1) is 35.3. The van der Waals surface area contributed by atoms with Crippen molar-refractivity contribution >= 4 is 15.8 Å². The van der Waals surface area contributed by atoms with Crippen LogP contribution in [0.5, 0.6) is 0 Å². The average molecular weight is 593 g/mol. The van der Waals surface area contributed by atoms with E-state index in [0.717, 1.165) is 15.2 Å². The summed E-state index contributed by atoms with van der Waals surface area (Å²) in [5, 5.41) is 1.55. The highest BCUT2D eigenvalue weighted by molar-refractivity contribution is 7.79. The van der Waals surface area contributed by atoms with Crippen LogP contribution in [0.25, 0.3) is 0 Å². The van der Waals surface area contributed by atoms with Gasteiger partial charge >= 0.3 is 0 Å². The van der Waals surface area contributed by atoms with E-state index in [4.69, 9.17) is 0 Å². The Morgan fingerprint density at radius 2 is 0.725 bits per heavy atom. The number of rotatable bonds is 22. The second kappa shape index (κ2) is 19.3. The predicted octanol–water partition coefficient (Wildman–Crippen LogP) is 14.6. The summed E-state index contributed by atoms with van der Waals surface area (Å²) in [6.07, 6.45) is 48.0. The van der Waals surface area contributed by atoms with E-state index in [1.807, 2.05) is 0 Å². The molecule has 3 fully saturated rings. The molecular weight excluding hydrogens is 518 g/mol. The van der Waals surface area contributed by atoms with Gasteiger partial charge in [-0.3, -0.25) is 0 Å². The summed E-state index contributed by atoms with van der Waals surface area (Å²) >= 11 is 0. The lowest BCUT2D eigenvalue weighted by molar-refractivity contribution is 0.403. The highest BCUT2D eigenvalue weighted by Crippen LogP contribution is 2.85. The van der Waals surface area contributed by atoms with Crippen molar-refractivity contribution in [2.24, 2.45) is 0 Å². The van der Waals surface area contributed by atoms with E-state index in [9.17, 15) is 0 Å². The van der Waals surface area contributed by atoms with Gasteiger partial charge in [0.15, 0.2) is 0 Å². The molecule has 236 valence electrons. The molecule has 0 aromatic heterocycles. The van der Waals surface area contributed by atoms with E-state index in [2.05, 4.69) is 27.7 Å². The van der Waals surface area contributed by atoms with Crippen molar-refractivity contribution in [1.29, 1.82) is 0 Å². The summed E-state index contributed by atoms with van der Waals surface area (Å²) in [5.41, 5.74) is 0. The van der Waals surface area contributed by atoms with E-state index in [-0.39, 0.29) is 15.8 Å². The first-order valence-corrected chi connectivity index (χ1v) is 22.2. The first-order valence-electron chi connectivity index (χ1n) is 19.2. The fourth-order valence-electron chi connectivity index (χ4n) is 9.79. The molecule has 2 saturated heterocycles. The largest absolute Gasteiger partial charge is 0.0895 e. The molecule has 2 aliphatic heterocycles. The molecule has 3 rings (SSSR count). The Kier molecular flexibility index (Phi) is 17.0. The Hall–Kier alpha value is 0.860. The van der Waals surface area contributed by atoms with Gasteiger partial charge in [0.1, 0.15) is 0 Å². The standard InChI is InChI=1S/C38H74P2/c1-5-9-13-18-26-36(27-19-14-10-6-2)30-24-34-39(36)38(32-22-17-23-33-38)40-35-25-31-37(40,28-20-15-11-7-3)29-21-16-12-8-4/h5-35H2,1-4H3. The van der Waals surface area contributed by atoms with Crippen LogP contribution in [0.1, 0.15) is 214 Å². The Morgan fingerprint density at radius 1 is 0.375 bits per heavy atom. The summed E-state index contributed by atoms with van der Waals surface area (Å²) in [5.74, 6) is 0. The molecule has 1 saturated carbocycles. The first-order chi connectivity index (χ1) is 19.6. The number of unbranched alkanes of at least 4 members (excludes halogenated alkanes) is 12. The highest BCUT2D eigenvalue weighted by Gasteiger charge is 2.60. The van der Waals surface area contributed by atoms with Gasteiger partial charge in [-0.2, -0.15) is 0 Å². The van der Waals surface area contributed by atoms with Gasteiger partial charge in [0.05, 0.1) is 0 Å². The predicted molar refractivity (Wildman–Crippen MR) is 188 cm³/mol. The summed E-state index contributed by atoms with van der Waals surface area (Å²) < 4.78 is 0. The van der Waals surface area contributed by atoms with Gasteiger partial charge in [-0.15, -0.1) is 0 Å². The van der Waals surface area contributed by atoms with Crippen molar-refractivity contribution in [3.8, 4) is 0 Å². The van der Waals surface area contributed by atoms with Crippen LogP contribution < -0.4 is 0 Å². The second-order valence-electron chi connectivity index (χ2n) is 14.7. The fourth-order valence-corrected chi connectivity index (χ4v) is 21.6. The third kappa shape index (κ3) is 9.43. The molecule has 0 nitrogen and oxygen atoms in total. The van der Waals surface area contributed by atoms with Gasteiger partial charge in [0.25, 0.3) is 0 Å². The molecule has 0 aromatic carbocycles. The molecule has 0 N–H and O–H groups in total. The Labute approximate surface area is 256 Å². The van der Waals surface area contributed by atoms with Crippen molar-refractivity contribution in [3.63, 3.8) is 0 Å². The van der Waals surface area contributed by atoms with Crippen molar-refractivity contribution in [1.82, 2.24) is 0 Å². The van der Waals surface area contributed by atoms with Crippen LogP contribution in [0.15, 0.2) is 0 Å². The molecule has 2 heteroatoms. The molecular formula is C38H74P2. The Balaban J connectivity index is 1.93. The Bertz CT molecular complexity index is 563. The van der Waals surface area contributed by atoms with E-state index in [0.29, 0.717) is 0 Å². The molecule has 40 heavy (non-hydrogen) atoms. The minimum absolute atomic E-state index is 0.179. The minimum atomic E-state index is 0.179. The zero-order valence-electron chi connectivity index (χ0n) is 28.3. The lowest BCUT2D eigenvalue weighted by Gasteiger charge is -2.58. The van der Waals surface area contributed by atoms with Crippen LogP contribution in [-0.4, -0.2) is 27.5 Å². The zero-order valence-corrected chi connectivity index (χ0v) is 30.1. The van der Waals surface area contributed by atoms with Crippen LogP contribution >= 0.6 is 15.8 Å². The maximum absolute atomic E-state index is 2.41. The van der Waals surface area contributed by atoms with Crippen LogP contribution in [0.4, 0.5) is 0 Å². The highest BCUT2D eigenvalue weighted by atomic mass is 31.2. The molecule has 3 aliphatic rings. The fraction of sp³-hybridized carbons (Fsp3) is 1.00. The lowest BCUT2D eigenvalue weighted by Crippen LogP contribution is -2.41. The summed E-state index contributed by atoms with van der Waals surface area (Å²) in [4.78, 5) is 0.820. The van der Waals surface area contributed by atoms with Crippen molar-refractivity contribution < 1.29 is 0 Å². The number of hydrogen-bond acceptors (Lipinski definition) is 0. The SMILES string of the molecule is CCCCCCC1(CCCCCC)CCCP1C1(P2CCCC2(CCCCCC)CCCCCC)CCCCC1. The molecule has 2 atom stereocenters. The van der Waals surface area contributed by atoms with E-state index >= 15 is 0 Å². The lowest BCUT2D eigenvalue weighted by atomic mass is 9.90. The van der Waals surface area contributed by atoms with Gasteiger partial charge in [0, 0.05) is 4.90 Å². The third-order valence-corrected chi connectivity index (χ3v) is 21.3. The van der Waals surface area contributed by atoms with E-state index in [1.54, 1.807) is 121 Å². The Morgan fingerprint density at radius 3 is 1.05 bits per heavy atom. The molecule has 0 aromatic rings. The molecule has 1 aliphatic carbocycles. The minimum Gasteiger partial charge on any atom is -0.0895 e. The third-order valence-electron chi connectivity index (χ3n) is 11.8. The van der Waals surface area contributed by atoms with Crippen molar-refractivity contribution in [3.05, 3.63) is 0 Å². The van der Waals surface area contributed by atoms with E-state index < -0.39 is 0 Å². The van der Waals surface area contributed by atoms with Crippen LogP contribution in [-0.2, 0) is 0 Å². The van der Waals surface area contributed by atoms with Gasteiger partial charge in [-0.25, -0.2) is 0 Å². The van der Waals surface area contributed by atoms with Crippen LogP contribution in [0.3, 0.4) is 0 Å². The van der Waals surface area contributed by atoms with Gasteiger partial charge in [-0.1, -0.05) is 166 Å². The van der Waals surface area contributed by atoms with Crippen molar-refractivity contribution in [2.75, 3.05) is 12.3 Å². The summed E-state index contributed by atoms with van der Waals surface area (Å²) in [6, 6.07) is 0. The molecule has 0 spiro atoms. The van der Waals surface area contributed by atoms with Gasteiger partial charge < -0.3 is 0 Å². The molecule has 2 heterocycles. The normalized spacial score (nSPS) is 25.5. The quantitative estimate of drug-likeness (QED) is 0.0866. The maximum atomic E-state index is 2.41. The van der Waals surface area contributed by atoms with Gasteiger partial charge in [0.2, 0.25) is 0 Å². The molecule has 0 radical (unpaired) electrons. The average Bonchev–Trinajstić information content (AvgIpc) is 3.60. The monoisotopic (exact) mass is 593 g/mol. The summed E-state index contributed by atoms with van der Waals surface area (Å²) in [6.45, 7) is 9.62. The number of hydrogen-bond donors (Lipinski definition) is 0. The molecule has 2 unspecified atom stereocenters. The molecule has 0 amide bonds. The topological polar surface area (TPSA) is 0 Å². The zero-order chi connectivity index (χ0) is 28.6. The van der Waals surface area contributed by atoms with Gasteiger partial charge in [-0.05, 0) is 86.8 Å². The van der Waals surface area contributed by atoms with E-state index in [1.165, 1.54) is 77.0 Å². The molecule has 0 bridgehead atoms.